The van der Waals surface area contributed by atoms with Crippen molar-refractivity contribution in [1.82, 2.24) is 0 Å². The predicted octanol–water partition coefficient (Wildman–Crippen LogP) is 5.34. The Morgan fingerprint density at radius 1 is 1.08 bits per heavy atom. The normalized spacial score (nSPS) is 11.2. The summed E-state index contributed by atoms with van der Waals surface area (Å²) < 4.78 is 5.59. The second-order valence-electron chi connectivity index (χ2n) is 7.37. The van der Waals surface area contributed by atoms with E-state index in [2.05, 4.69) is 57.3 Å². The van der Waals surface area contributed by atoms with Crippen LogP contribution in [-0.4, -0.2) is 12.5 Å². The molecule has 1 amide bonds. The number of amides is 1. The van der Waals surface area contributed by atoms with E-state index in [1.165, 1.54) is 11.1 Å². The first-order chi connectivity index (χ1) is 11.9. The van der Waals surface area contributed by atoms with E-state index in [0.717, 1.165) is 24.3 Å². The summed E-state index contributed by atoms with van der Waals surface area (Å²) in [6, 6.07) is 16.1. The van der Waals surface area contributed by atoms with Crippen molar-refractivity contribution in [1.29, 1.82) is 0 Å². The lowest BCUT2D eigenvalue weighted by atomic mass is 9.86. The van der Waals surface area contributed by atoms with Crippen molar-refractivity contribution < 1.29 is 9.53 Å². The summed E-state index contributed by atoms with van der Waals surface area (Å²) in [5.41, 5.74) is 3.43. The maximum atomic E-state index is 12.2. The smallest absolute Gasteiger partial charge is 0.224 e. The van der Waals surface area contributed by atoms with Crippen LogP contribution in [0.25, 0.3) is 0 Å². The molecule has 0 fully saturated rings. The van der Waals surface area contributed by atoms with E-state index in [1.807, 2.05) is 24.3 Å². The Labute approximate surface area is 151 Å². The molecule has 0 spiro atoms. The van der Waals surface area contributed by atoms with Crippen LogP contribution < -0.4 is 10.1 Å². The average Bonchev–Trinajstić information content (AvgIpc) is 2.58. The number of hydrogen-bond donors (Lipinski definition) is 1. The third-order valence-electron chi connectivity index (χ3n) is 4.05. The summed E-state index contributed by atoms with van der Waals surface area (Å²) in [5, 5.41) is 2.95. The molecule has 1 N–H and O–H groups in total. The molecule has 0 unspecified atom stereocenters. The molecule has 0 aliphatic heterocycles. The Morgan fingerprint density at radius 2 is 1.80 bits per heavy atom. The standard InChI is InChI=1S/C22H29NO2/c1-5-15-25-20-8-6-7-19(16-20)23-21(24)14-11-17-9-12-18(13-10-17)22(2,3)4/h6-10,12-13,16H,5,11,14-15H2,1-4H3,(H,23,24). The Kier molecular flexibility index (Phi) is 6.63. The van der Waals surface area contributed by atoms with E-state index in [-0.39, 0.29) is 11.3 Å². The highest BCUT2D eigenvalue weighted by molar-refractivity contribution is 5.91. The van der Waals surface area contributed by atoms with Gasteiger partial charge in [0.15, 0.2) is 0 Å². The molecule has 0 saturated carbocycles. The van der Waals surface area contributed by atoms with E-state index in [1.54, 1.807) is 0 Å². The van der Waals surface area contributed by atoms with Crippen LogP contribution >= 0.6 is 0 Å². The van der Waals surface area contributed by atoms with Gasteiger partial charge in [-0.3, -0.25) is 4.79 Å². The maximum Gasteiger partial charge on any atom is 0.224 e. The van der Waals surface area contributed by atoms with Crippen LogP contribution in [0.2, 0.25) is 0 Å². The second-order valence-corrected chi connectivity index (χ2v) is 7.37. The van der Waals surface area contributed by atoms with Crippen molar-refractivity contribution >= 4 is 11.6 Å². The topological polar surface area (TPSA) is 38.3 Å². The van der Waals surface area contributed by atoms with E-state index in [0.29, 0.717) is 13.0 Å². The number of benzene rings is 2. The fourth-order valence-corrected chi connectivity index (χ4v) is 2.54. The fourth-order valence-electron chi connectivity index (χ4n) is 2.54. The van der Waals surface area contributed by atoms with E-state index >= 15 is 0 Å². The third kappa shape index (κ3) is 6.26. The van der Waals surface area contributed by atoms with Gasteiger partial charge < -0.3 is 10.1 Å². The summed E-state index contributed by atoms with van der Waals surface area (Å²) in [6.45, 7) is 9.36. The molecule has 0 aliphatic rings. The molecule has 3 nitrogen and oxygen atoms in total. The molecule has 0 heterocycles. The minimum absolute atomic E-state index is 0.0209. The van der Waals surface area contributed by atoms with Crippen LogP contribution in [0.3, 0.4) is 0 Å². The molecule has 2 rings (SSSR count). The van der Waals surface area contributed by atoms with Gasteiger partial charge in [0.2, 0.25) is 5.91 Å². The molecule has 0 aromatic heterocycles. The first kappa shape index (κ1) is 19.0. The zero-order chi connectivity index (χ0) is 18.3. The van der Waals surface area contributed by atoms with E-state index in [4.69, 9.17) is 4.74 Å². The van der Waals surface area contributed by atoms with Gasteiger partial charge in [0, 0.05) is 18.2 Å². The molecule has 0 saturated heterocycles. The van der Waals surface area contributed by atoms with Crippen LogP contribution in [-0.2, 0) is 16.6 Å². The molecular formula is C22H29NO2. The van der Waals surface area contributed by atoms with Gasteiger partial charge in [0.05, 0.1) is 6.61 Å². The number of hydrogen-bond acceptors (Lipinski definition) is 2. The van der Waals surface area contributed by atoms with Gasteiger partial charge in [-0.25, -0.2) is 0 Å². The number of aryl methyl sites for hydroxylation is 1. The predicted molar refractivity (Wildman–Crippen MR) is 104 cm³/mol. The van der Waals surface area contributed by atoms with Crippen molar-refractivity contribution in [3.05, 3.63) is 59.7 Å². The molecular weight excluding hydrogens is 310 g/mol. The van der Waals surface area contributed by atoms with Crippen LogP contribution in [0, 0.1) is 0 Å². The molecule has 2 aromatic rings. The quantitative estimate of drug-likeness (QED) is 0.739. The molecule has 3 heteroatoms. The monoisotopic (exact) mass is 339 g/mol. The lowest BCUT2D eigenvalue weighted by molar-refractivity contribution is -0.116. The van der Waals surface area contributed by atoms with Crippen molar-refractivity contribution in [2.45, 2.75) is 52.4 Å². The molecule has 0 radical (unpaired) electrons. The highest BCUT2D eigenvalue weighted by Crippen LogP contribution is 2.22. The largest absolute Gasteiger partial charge is 0.494 e. The number of rotatable bonds is 7. The average molecular weight is 339 g/mol. The molecule has 0 bridgehead atoms. The Hall–Kier alpha value is -2.29. The van der Waals surface area contributed by atoms with Gasteiger partial charge in [-0.2, -0.15) is 0 Å². The highest BCUT2D eigenvalue weighted by Gasteiger charge is 2.13. The number of nitrogens with one attached hydrogen (secondary N) is 1. The maximum absolute atomic E-state index is 12.2. The summed E-state index contributed by atoms with van der Waals surface area (Å²) in [6.07, 6.45) is 2.17. The molecule has 0 atom stereocenters. The lowest BCUT2D eigenvalue weighted by Gasteiger charge is -2.19. The Morgan fingerprint density at radius 3 is 2.44 bits per heavy atom. The minimum Gasteiger partial charge on any atom is -0.494 e. The van der Waals surface area contributed by atoms with Crippen molar-refractivity contribution in [3.63, 3.8) is 0 Å². The van der Waals surface area contributed by atoms with Crippen molar-refractivity contribution in [2.24, 2.45) is 0 Å². The third-order valence-corrected chi connectivity index (χ3v) is 4.05. The highest BCUT2D eigenvalue weighted by atomic mass is 16.5. The van der Waals surface area contributed by atoms with Gasteiger partial charge in [-0.15, -0.1) is 0 Å². The molecule has 2 aromatic carbocycles. The van der Waals surface area contributed by atoms with E-state index < -0.39 is 0 Å². The van der Waals surface area contributed by atoms with Gasteiger partial charge in [-0.05, 0) is 41.5 Å². The Bertz CT molecular complexity index is 684. The van der Waals surface area contributed by atoms with Gasteiger partial charge in [0.1, 0.15) is 5.75 Å². The first-order valence-corrected chi connectivity index (χ1v) is 9.00. The number of anilines is 1. The summed E-state index contributed by atoms with van der Waals surface area (Å²) in [5.74, 6) is 0.810. The zero-order valence-electron chi connectivity index (χ0n) is 15.8. The summed E-state index contributed by atoms with van der Waals surface area (Å²) in [4.78, 5) is 12.2. The van der Waals surface area contributed by atoms with Crippen molar-refractivity contribution in [2.75, 3.05) is 11.9 Å². The fraction of sp³-hybridized carbons (Fsp3) is 0.409. The first-order valence-electron chi connectivity index (χ1n) is 9.00. The lowest BCUT2D eigenvalue weighted by Crippen LogP contribution is -2.13. The molecule has 0 aliphatic carbocycles. The van der Waals surface area contributed by atoms with Gasteiger partial charge in [0.25, 0.3) is 0 Å². The summed E-state index contributed by atoms with van der Waals surface area (Å²) in [7, 11) is 0. The van der Waals surface area contributed by atoms with Gasteiger partial charge >= 0.3 is 0 Å². The van der Waals surface area contributed by atoms with E-state index in [9.17, 15) is 4.79 Å². The van der Waals surface area contributed by atoms with Crippen molar-refractivity contribution in [3.8, 4) is 5.75 Å². The SMILES string of the molecule is CCCOc1cccc(NC(=O)CCc2ccc(C(C)(C)C)cc2)c1. The number of carbonyl (C=O) groups excluding carboxylic acids is 1. The molecule has 134 valence electrons. The number of ether oxygens (including phenoxy) is 1. The molecule has 25 heavy (non-hydrogen) atoms. The van der Waals surface area contributed by atoms with Crippen LogP contribution in [0.4, 0.5) is 5.69 Å². The van der Waals surface area contributed by atoms with Crippen LogP contribution in [0.15, 0.2) is 48.5 Å². The van der Waals surface area contributed by atoms with Gasteiger partial charge in [-0.1, -0.05) is 58.0 Å². The zero-order valence-corrected chi connectivity index (χ0v) is 15.8. The summed E-state index contributed by atoms with van der Waals surface area (Å²) >= 11 is 0. The minimum atomic E-state index is 0.0209. The second kappa shape index (κ2) is 8.70. The van der Waals surface area contributed by atoms with Crippen LogP contribution in [0.5, 0.6) is 5.75 Å². The number of carbonyl (C=O) groups is 1. The van der Waals surface area contributed by atoms with Crippen LogP contribution in [0.1, 0.15) is 51.7 Å². The Balaban J connectivity index is 1.86.